The van der Waals surface area contributed by atoms with E-state index >= 15 is 0 Å². The highest BCUT2D eigenvalue weighted by Gasteiger charge is 2.21. The van der Waals surface area contributed by atoms with Crippen molar-refractivity contribution >= 4 is 0 Å². The fourth-order valence-electron chi connectivity index (χ4n) is 0.697. The van der Waals surface area contributed by atoms with E-state index in [1.807, 2.05) is 0 Å². The fourth-order valence-corrected chi connectivity index (χ4v) is 0.697. The van der Waals surface area contributed by atoms with E-state index in [1.165, 1.54) is 0 Å². The lowest BCUT2D eigenvalue weighted by atomic mass is 10.5. The van der Waals surface area contributed by atoms with E-state index in [0.717, 1.165) is 6.61 Å². The summed E-state index contributed by atoms with van der Waals surface area (Å²) >= 11 is 0. The second-order valence-electron chi connectivity index (χ2n) is 2.67. The second kappa shape index (κ2) is 7.23. The molecule has 0 spiro atoms. The van der Waals surface area contributed by atoms with Gasteiger partial charge in [0.25, 0.3) is 0 Å². The molecule has 1 aliphatic heterocycles. The summed E-state index contributed by atoms with van der Waals surface area (Å²) in [5.41, 5.74) is 0. The van der Waals surface area contributed by atoms with Crippen LogP contribution in [0, 0.1) is 0 Å². The number of hydrogen-bond acceptors (Lipinski definition) is 5. The molecule has 0 amide bonds. The van der Waals surface area contributed by atoms with Crippen LogP contribution in [0.1, 0.15) is 0 Å². The van der Waals surface area contributed by atoms with Crippen LogP contribution in [0.15, 0.2) is 0 Å². The fraction of sp³-hybridized carbons (Fsp3) is 1.00. The van der Waals surface area contributed by atoms with Gasteiger partial charge in [0.1, 0.15) is 19.7 Å². The maximum atomic E-state index is 5.11. The van der Waals surface area contributed by atoms with E-state index in [1.54, 1.807) is 7.11 Å². The molecule has 0 aromatic carbocycles. The van der Waals surface area contributed by atoms with Gasteiger partial charge in [-0.05, 0) is 0 Å². The van der Waals surface area contributed by atoms with Crippen LogP contribution in [0.25, 0.3) is 0 Å². The summed E-state index contributed by atoms with van der Waals surface area (Å²) in [6.45, 7) is 3.05. The molecule has 1 atom stereocenters. The molecule has 0 radical (unpaired) electrons. The molecule has 78 valence electrons. The first kappa shape index (κ1) is 10.9. The lowest BCUT2D eigenvalue weighted by Crippen LogP contribution is -2.10. The Labute approximate surface area is 77.9 Å². The molecule has 1 aliphatic rings. The molecule has 1 fully saturated rings. The highest BCUT2D eigenvalue weighted by molar-refractivity contribution is 4.66. The topological polar surface area (TPSA) is 49.5 Å². The van der Waals surface area contributed by atoms with Gasteiger partial charge in [-0.15, -0.1) is 0 Å². The van der Waals surface area contributed by atoms with E-state index < -0.39 is 0 Å². The van der Waals surface area contributed by atoms with Crippen molar-refractivity contribution in [3.05, 3.63) is 0 Å². The van der Waals surface area contributed by atoms with Gasteiger partial charge in [-0.25, -0.2) is 0 Å². The van der Waals surface area contributed by atoms with Crippen LogP contribution < -0.4 is 0 Å². The monoisotopic (exact) mass is 192 g/mol. The molecule has 0 bridgehead atoms. The quantitative estimate of drug-likeness (QED) is 0.292. The molecule has 1 saturated heterocycles. The van der Waals surface area contributed by atoms with Gasteiger partial charge >= 0.3 is 0 Å². The third-order valence-electron chi connectivity index (χ3n) is 1.47. The van der Waals surface area contributed by atoms with Crippen molar-refractivity contribution in [1.82, 2.24) is 0 Å². The summed E-state index contributed by atoms with van der Waals surface area (Å²) in [6.07, 6.45) is 0.290. The van der Waals surface area contributed by atoms with Crippen LogP contribution in [-0.4, -0.2) is 53.2 Å². The molecule has 13 heavy (non-hydrogen) atoms. The van der Waals surface area contributed by atoms with Crippen LogP contribution in [0.2, 0.25) is 0 Å². The molecule has 0 aliphatic carbocycles. The lowest BCUT2D eigenvalue weighted by Gasteiger charge is -2.05. The molecule has 0 N–H and O–H groups in total. The first-order valence-electron chi connectivity index (χ1n) is 4.27. The van der Waals surface area contributed by atoms with Gasteiger partial charge in [0.05, 0.1) is 26.4 Å². The first-order chi connectivity index (χ1) is 6.43. The van der Waals surface area contributed by atoms with Crippen molar-refractivity contribution in [2.24, 2.45) is 0 Å². The van der Waals surface area contributed by atoms with Crippen molar-refractivity contribution in [1.29, 1.82) is 0 Å². The first-order valence-corrected chi connectivity index (χ1v) is 4.27. The second-order valence-corrected chi connectivity index (χ2v) is 2.67. The third kappa shape index (κ3) is 6.92. The van der Waals surface area contributed by atoms with Crippen LogP contribution >= 0.6 is 0 Å². The molecule has 1 unspecified atom stereocenters. The average molecular weight is 192 g/mol. The Bertz CT molecular complexity index is 115. The van der Waals surface area contributed by atoms with Gasteiger partial charge in [0, 0.05) is 7.11 Å². The van der Waals surface area contributed by atoms with Gasteiger partial charge in [-0.3, -0.25) is 0 Å². The SMILES string of the molecule is COCCOCOCOCC1CO1. The summed E-state index contributed by atoms with van der Waals surface area (Å²) in [5.74, 6) is 0. The predicted molar refractivity (Wildman–Crippen MR) is 44.3 cm³/mol. The van der Waals surface area contributed by atoms with Gasteiger partial charge in [0.15, 0.2) is 0 Å². The van der Waals surface area contributed by atoms with E-state index in [4.69, 9.17) is 23.7 Å². The third-order valence-corrected chi connectivity index (χ3v) is 1.47. The van der Waals surface area contributed by atoms with Crippen LogP contribution in [0.3, 0.4) is 0 Å². The normalized spacial score (nSPS) is 20.5. The minimum Gasteiger partial charge on any atom is -0.382 e. The number of epoxide rings is 1. The standard InChI is InChI=1S/C8H16O5/c1-9-2-3-10-6-12-7-11-4-8-5-13-8/h8H,2-7H2,1H3. The molecule has 0 aromatic rings. The Balaban J connectivity index is 1.63. The van der Waals surface area contributed by atoms with Crippen molar-refractivity contribution < 1.29 is 23.7 Å². The Morgan fingerprint density at radius 3 is 2.62 bits per heavy atom. The maximum absolute atomic E-state index is 5.11. The van der Waals surface area contributed by atoms with Crippen LogP contribution in [-0.2, 0) is 23.7 Å². The Kier molecular flexibility index (Phi) is 6.05. The molecule has 1 rings (SSSR count). The van der Waals surface area contributed by atoms with Crippen molar-refractivity contribution in [3.8, 4) is 0 Å². The van der Waals surface area contributed by atoms with Gasteiger partial charge in [-0.2, -0.15) is 0 Å². The molecular weight excluding hydrogens is 176 g/mol. The summed E-state index contributed by atoms with van der Waals surface area (Å²) in [6, 6.07) is 0. The molecule has 1 heterocycles. The highest BCUT2D eigenvalue weighted by Crippen LogP contribution is 2.07. The Morgan fingerprint density at radius 1 is 1.15 bits per heavy atom. The van der Waals surface area contributed by atoms with Crippen LogP contribution in [0.5, 0.6) is 0 Å². The van der Waals surface area contributed by atoms with E-state index in [2.05, 4.69) is 0 Å². The lowest BCUT2D eigenvalue weighted by molar-refractivity contribution is -0.136. The minimum absolute atomic E-state index is 0.245. The number of methoxy groups -OCH3 is 1. The van der Waals surface area contributed by atoms with Gasteiger partial charge < -0.3 is 23.7 Å². The van der Waals surface area contributed by atoms with Crippen molar-refractivity contribution in [2.75, 3.05) is 47.1 Å². The smallest absolute Gasteiger partial charge is 0.149 e. The summed E-state index contributed by atoms with van der Waals surface area (Å²) < 4.78 is 24.9. The van der Waals surface area contributed by atoms with E-state index in [9.17, 15) is 0 Å². The highest BCUT2D eigenvalue weighted by atomic mass is 16.7. The zero-order valence-corrected chi connectivity index (χ0v) is 7.86. The molecular formula is C8H16O5. The van der Waals surface area contributed by atoms with E-state index in [-0.39, 0.29) is 19.7 Å². The Morgan fingerprint density at radius 2 is 1.92 bits per heavy atom. The zero-order chi connectivity index (χ0) is 9.36. The number of hydrogen-bond donors (Lipinski definition) is 0. The van der Waals surface area contributed by atoms with E-state index in [0.29, 0.717) is 19.8 Å². The average Bonchev–Trinajstić information content (AvgIpc) is 2.93. The maximum Gasteiger partial charge on any atom is 0.149 e. The zero-order valence-electron chi connectivity index (χ0n) is 7.86. The molecule has 0 aromatic heterocycles. The number of rotatable bonds is 9. The van der Waals surface area contributed by atoms with Gasteiger partial charge in [0.2, 0.25) is 0 Å². The molecule has 0 saturated carbocycles. The Hall–Kier alpha value is -0.200. The van der Waals surface area contributed by atoms with Crippen LogP contribution in [0.4, 0.5) is 0 Å². The van der Waals surface area contributed by atoms with Gasteiger partial charge in [-0.1, -0.05) is 0 Å². The summed E-state index contributed by atoms with van der Waals surface area (Å²) in [7, 11) is 1.63. The van der Waals surface area contributed by atoms with Crippen molar-refractivity contribution in [3.63, 3.8) is 0 Å². The number of ether oxygens (including phenoxy) is 5. The molecule has 5 nitrogen and oxygen atoms in total. The van der Waals surface area contributed by atoms with Crippen molar-refractivity contribution in [2.45, 2.75) is 6.10 Å². The largest absolute Gasteiger partial charge is 0.382 e. The minimum atomic E-state index is 0.245. The summed E-state index contributed by atoms with van der Waals surface area (Å²) in [4.78, 5) is 0. The summed E-state index contributed by atoms with van der Waals surface area (Å²) in [5, 5.41) is 0. The molecule has 5 heteroatoms. The predicted octanol–water partition coefficient (Wildman–Crippen LogP) is -0.00360.